The highest BCUT2D eigenvalue weighted by Gasteiger charge is 2.54. The largest absolute Gasteiger partial charge is 0.338 e. The third-order valence-corrected chi connectivity index (χ3v) is 5.19. The van der Waals surface area contributed by atoms with Gasteiger partial charge in [-0.15, -0.1) is 0 Å². The van der Waals surface area contributed by atoms with Crippen molar-refractivity contribution in [2.75, 3.05) is 24.7 Å². The molecule has 0 aromatic heterocycles. The lowest BCUT2D eigenvalue weighted by Gasteiger charge is -2.32. The minimum atomic E-state index is -1.19. The molecule has 0 saturated carbocycles. The van der Waals surface area contributed by atoms with Crippen LogP contribution in [-0.2, 0) is 26.5 Å². The van der Waals surface area contributed by atoms with E-state index in [0.29, 0.717) is 13.2 Å². The predicted molar refractivity (Wildman–Crippen MR) is 99.7 cm³/mol. The fourth-order valence-corrected chi connectivity index (χ4v) is 3.75. The lowest BCUT2D eigenvalue weighted by atomic mass is 10.00. The zero-order chi connectivity index (χ0) is 17.7. The standard InChI is InChI=1S/C21H31NO3/c1-3-5-7-8-13-22-19-12-11-17(10-6-4-2)16-18(19)21(20(22)23)24-14-9-15-25-21/h11-12,16H,3-10,13-15H2,1-2H3. The maximum Gasteiger partial charge on any atom is 0.292 e. The average Bonchev–Trinajstić information content (AvgIpc) is 2.86. The van der Waals surface area contributed by atoms with E-state index in [1.807, 2.05) is 4.90 Å². The van der Waals surface area contributed by atoms with Crippen molar-refractivity contribution in [3.8, 4) is 0 Å². The van der Waals surface area contributed by atoms with Crippen LogP contribution in [0.15, 0.2) is 18.2 Å². The molecule has 25 heavy (non-hydrogen) atoms. The van der Waals surface area contributed by atoms with Crippen LogP contribution in [0.5, 0.6) is 0 Å². The van der Waals surface area contributed by atoms with Gasteiger partial charge in [0.05, 0.1) is 18.9 Å². The van der Waals surface area contributed by atoms with E-state index in [1.165, 1.54) is 18.4 Å². The Labute approximate surface area is 151 Å². The molecule has 0 atom stereocenters. The second-order valence-corrected chi connectivity index (χ2v) is 7.14. The zero-order valence-electron chi connectivity index (χ0n) is 15.7. The van der Waals surface area contributed by atoms with E-state index in [9.17, 15) is 4.79 Å². The minimum absolute atomic E-state index is 0.0358. The molecule has 3 rings (SSSR count). The van der Waals surface area contributed by atoms with Crippen LogP contribution in [0.3, 0.4) is 0 Å². The lowest BCUT2D eigenvalue weighted by molar-refractivity contribution is -0.256. The number of aryl methyl sites for hydroxylation is 1. The minimum Gasteiger partial charge on any atom is -0.338 e. The molecule has 138 valence electrons. The highest BCUT2D eigenvalue weighted by molar-refractivity contribution is 6.06. The molecular weight excluding hydrogens is 314 g/mol. The number of amides is 1. The molecule has 0 unspecified atom stereocenters. The van der Waals surface area contributed by atoms with Gasteiger partial charge in [0.1, 0.15) is 0 Å². The van der Waals surface area contributed by atoms with Crippen LogP contribution >= 0.6 is 0 Å². The number of anilines is 1. The van der Waals surface area contributed by atoms with Crippen LogP contribution in [0.2, 0.25) is 0 Å². The summed E-state index contributed by atoms with van der Waals surface area (Å²) in [6.07, 6.45) is 8.77. The Morgan fingerprint density at radius 3 is 2.52 bits per heavy atom. The summed E-state index contributed by atoms with van der Waals surface area (Å²) in [4.78, 5) is 15.1. The number of hydrogen-bond acceptors (Lipinski definition) is 3. The summed E-state index contributed by atoms with van der Waals surface area (Å²) in [7, 11) is 0. The second kappa shape index (κ2) is 8.33. The van der Waals surface area contributed by atoms with Crippen LogP contribution in [-0.4, -0.2) is 25.7 Å². The molecule has 1 aromatic carbocycles. The fourth-order valence-electron chi connectivity index (χ4n) is 3.75. The van der Waals surface area contributed by atoms with Gasteiger partial charge in [-0.1, -0.05) is 45.6 Å². The van der Waals surface area contributed by atoms with E-state index in [2.05, 4.69) is 32.0 Å². The lowest BCUT2D eigenvalue weighted by Crippen LogP contribution is -2.47. The molecule has 0 radical (unpaired) electrons. The Balaban J connectivity index is 1.87. The maximum atomic E-state index is 13.2. The molecular formula is C21H31NO3. The number of fused-ring (bicyclic) bond motifs is 2. The Kier molecular flexibility index (Phi) is 6.13. The SMILES string of the molecule is CCCCCCN1C(=O)C2(OCCCO2)c2cc(CCCC)ccc21. The van der Waals surface area contributed by atoms with Gasteiger partial charge in [0, 0.05) is 12.1 Å². The molecule has 2 heterocycles. The molecule has 2 aliphatic rings. The van der Waals surface area contributed by atoms with Crippen molar-refractivity contribution in [2.24, 2.45) is 0 Å². The number of carbonyl (C=O) groups is 1. The number of hydrogen-bond donors (Lipinski definition) is 0. The van der Waals surface area contributed by atoms with Crippen LogP contribution in [0.25, 0.3) is 0 Å². The molecule has 1 spiro atoms. The first kappa shape index (κ1) is 18.4. The third-order valence-electron chi connectivity index (χ3n) is 5.19. The highest BCUT2D eigenvalue weighted by Crippen LogP contribution is 2.45. The molecule has 0 aliphatic carbocycles. The topological polar surface area (TPSA) is 38.8 Å². The Morgan fingerprint density at radius 1 is 1.04 bits per heavy atom. The third kappa shape index (κ3) is 3.61. The monoisotopic (exact) mass is 345 g/mol. The van der Waals surface area contributed by atoms with Crippen molar-refractivity contribution in [1.29, 1.82) is 0 Å². The van der Waals surface area contributed by atoms with Crippen molar-refractivity contribution in [2.45, 2.75) is 71.0 Å². The Morgan fingerprint density at radius 2 is 1.80 bits per heavy atom. The highest BCUT2D eigenvalue weighted by atomic mass is 16.7. The number of nitrogens with zero attached hydrogens (tertiary/aromatic N) is 1. The molecule has 4 nitrogen and oxygen atoms in total. The van der Waals surface area contributed by atoms with Gasteiger partial charge in [0.25, 0.3) is 11.7 Å². The normalized spacial score (nSPS) is 18.8. The van der Waals surface area contributed by atoms with E-state index in [1.54, 1.807) is 0 Å². The van der Waals surface area contributed by atoms with Crippen LogP contribution in [0, 0.1) is 0 Å². The maximum absolute atomic E-state index is 13.2. The fraction of sp³-hybridized carbons (Fsp3) is 0.667. The number of benzene rings is 1. The molecule has 1 fully saturated rings. The van der Waals surface area contributed by atoms with E-state index >= 15 is 0 Å². The Bertz CT molecular complexity index is 593. The molecule has 1 saturated heterocycles. The van der Waals surface area contributed by atoms with Crippen molar-refractivity contribution in [3.63, 3.8) is 0 Å². The van der Waals surface area contributed by atoms with Gasteiger partial charge in [0.15, 0.2) is 0 Å². The molecule has 1 aromatic rings. The molecule has 0 N–H and O–H groups in total. The molecule has 4 heteroatoms. The number of ether oxygens (including phenoxy) is 2. The van der Waals surface area contributed by atoms with E-state index in [0.717, 1.165) is 56.3 Å². The Hall–Kier alpha value is -1.39. The van der Waals surface area contributed by atoms with Gasteiger partial charge in [-0.2, -0.15) is 0 Å². The molecule has 0 bridgehead atoms. The van der Waals surface area contributed by atoms with Crippen LogP contribution < -0.4 is 4.90 Å². The second-order valence-electron chi connectivity index (χ2n) is 7.14. The average molecular weight is 345 g/mol. The summed E-state index contributed by atoms with van der Waals surface area (Å²) in [5, 5.41) is 0. The van der Waals surface area contributed by atoms with Gasteiger partial charge in [0.2, 0.25) is 0 Å². The first-order valence-corrected chi connectivity index (χ1v) is 9.96. The van der Waals surface area contributed by atoms with Crippen molar-refractivity contribution >= 4 is 11.6 Å². The van der Waals surface area contributed by atoms with Gasteiger partial charge in [-0.3, -0.25) is 4.79 Å². The summed E-state index contributed by atoms with van der Waals surface area (Å²) >= 11 is 0. The summed E-state index contributed by atoms with van der Waals surface area (Å²) in [5.41, 5.74) is 3.16. The van der Waals surface area contributed by atoms with E-state index < -0.39 is 5.79 Å². The van der Waals surface area contributed by atoms with Gasteiger partial charge in [-0.25, -0.2) is 0 Å². The number of unbranched alkanes of at least 4 members (excludes halogenated alkanes) is 4. The van der Waals surface area contributed by atoms with Gasteiger partial charge in [-0.05, 0) is 43.4 Å². The zero-order valence-corrected chi connectivity index (χ0v) is 15.7. The number of carbonyl (C=O) groups excluding carboxylic acids is 1. The summed E-state index contributed by atoms with van der Waals surface area (Å²) in [6.45, 7) is 6.30. The summed E-state index contributed by atoms with van der Waals surface area (Å²) in [5.74, 6) is -1.23. The van der Waals surface area contributed by atoms with E-state index in [-0.39, 0.29) is 5.91 Å². The van der Waals surface area contributed by atoms with Crippen molar-refractivity contribution in [1.82, 2.24) is 0 Å². The van der Waals surface area contributed by atoms with Crippen molar-refractivity contribution in [3.05, 3.63) is 29.3 Å². The molecule has 2 aliphatic heterocycles. The van der Waals surface area contributed by atoms with Gasteiger partial charge < -0.3 is 14.4 Å². The quantitative estimate of drug-likeness (QED) is 0.649. The van der Waals surface area contributed by atoms with Gasteiger partial charge >= 0.3 is 0 Å². The first-order chi connectivity index (χ1) is 12.2. The summed E-state index contributed by atoms with van der Waals surface area (Å²) < 4.78 is 11.9. The predicted octanol–water partition coefficient (Wildman–Crippen LogP) is 4.55. The van der Waals surface area contributed by atoms with Crippen molar-refractivity contribution < 1.29 is 14.3 Å². The van der Waals surface area contributed by atoms with Crippen LogP contribution in [0.4, 0.5) is 5.69 Å². The summed E-state index contributed by atoms with van der Waals surface area (Å²) in [6, 6.07) is 6.39. The number of rotatable bonds is 8. The van der Waals surface area contributed by atoms with Crippen LogP contribution in [0.1, 0.15) is 69.9 Å². The van der Waals surface area contributed by atoms with E-state index in [4.69, 9.17) is 9.47 Å². The molecule has 1 amide bonds. The first-order valence-electron chi connectivity index (χ1n) is 9.96. The smallest absolute Gasteiger partial charge is 0.292 e.